The zero-order valence-electron chi connectivity index (χ0n) is 9.34. The fourth-order valence-corrected chi connectivity index (χ4v) is 2.13. The van der Waals surface area contributed by atoms with Crippen LogP contribution in [0.15, 0.2) is 30.5 Å². The van der Waals surface area contributed by atoms with Gasteiger partial charge in [0.25, 0.3) is 0 Å². The molecule has 0 spiro atoms. The lowest BCUT2D eigenvalue weighted by Gasteiger charge is -2.33. The first-order valence-corrected chi connectivity index (χ1v) is 5.63. The standard InChI is InChI=1S/C12H15N3O/c1-10-9-16-7-6-14(10)12-8-11-4-2-3-5-15(11)13-12/h2-5,8,10H,6-7,9H2,1H3. The van der Waals surface area contributed by atoms with Crippen LogP contribution in [0, 0.1) is 0 Å². The van der Waals surface area contributed by atoms with E-state index >= 15 is 0 Å². The number of hydrogen-bond donors (Lipinski definition) is 0. The lowest BCUT2D eigenvalue weighted by molar-refractivity contribution is 0.0985. The minimum Gasteiger partial charge on any atom is -0.377 e. The first-order chi connectivity index (χ1) is 7.84. The highest BCUT2D eigenvalue weighted by molar-refractivity contribution is 5.57. The number of rotatable bonds is 1. The van der Waals surface area contributed by atoms with Crippen molar-refractivity contribution in [3.05, 3.63) is 30.5 Å². The summed E-state index contributed by atoms with van der Waals surface area (Å²) in [6, 6.07) is 8.62. The van der Waals surface area contributed by atoms with Gasteiger partial charge in [-0.1, -0.05) is 6.07 Å². The SMILES string of the molecule is CC1COCCN1c1cc2ccccn2n1. The molecular weight excluding hydrogens is 202 g/mol. The molecule has 0 saturated carbocycles. The van der Waals surface area contributed by atoms with Gasteiger partial charge in [-0.15, -0.1) is 0 Å². The second-order valence-electron chi connectivity index (χ2n) is 4.19. The molecular formula is C12H15N3O. The fraction of sp³-hybridized carbons (Fsp3) is 0.417. The molecule has 0 amide bonds. The van der Waals surface area contributed by atoms with Crippen molar-refractivity contribution in [2.75, 3.05) is 24.7 Å². The predicted molar refractivity (Wildman–Crippen MR) is 62.8 cm³/mol. The molecule has 0 N–H and O–H groups in total. The van der Waals surface area contributed by atoms with E-state index in [0.717, 1.165) is 31.1 Å². The molecule has 1 aliphatic heterocycles. The number of nitrogens with zero attached hydrogens (tertiary/aromatic N) is 3. The maximum absolute atomic E-state index is 5.43. The van der Waals surface area contributed by atoms with Crippen LogP contribution in [-0.4, -0.2) is 35.4 Å². The van der Waals surface area contributed by atoms with Gasteiger partial charge in [-0.3, -0.25) is 0 Å². The Morgan fingerprint density at radius 2 is 2.38 bits per heavy atom. The molecule has 0 bridgehead atoms. The topological polar surface area (TPSA) is 29.8 Å². The van der Waals surface area contributed by atoms with Gasteiger partial charge in [-0.2, -0.15) is 5.10 Å². The summed E-state index contributed by atoms with van der Waals surface area (Å²) in [4.78, 5) is 2.30. The predicted octanol–water partition coefficient (Wildman–Crippen LogP) is 1.56. The van der Waals surface area contributed by atoms with Crippen LogP contribution < -0.4 is 4.90 Å². The summed E-state index contributed by atoms with van der Waals surface area (Å²) in [5, 5.41) is 4.57. The van der Waals surface area contributed by atoms with E-state index in [9.17, 15) is 0 Å². The number of pyridine rings is 1. The van der Waals surface area contributed by atoms with Crippen LogP contribution in [0.4, 0.5) is 5.82 Å². The maximum Gasteiger partial charge on any atom is 0.152 e. The van der Waals surface area contributed by atoms with E-state index < -0.39 is 0 Å². The van der Waals surface area contributed by atoms with Gasteiger partial charge >= 0.3 is 0 Å². The summed E-state index contributed by atoms with van der Waals surface area (Å²) in [6.45, 7) is 4.67. The summed E-state index contributed by atoms with van der Waals surface area (Å²) in [7, 11) is 0. The van der Waals surface area contributed by atoms with Crippen LogP contribution in [0.25, 0.3) is 5.52 Å². The van der Waals surface area contributed by atoms with Crippen molar-refractivity contribution in [2.45, 2.75) is 13.0 Å². The number of ether oxygens (including phenoxy) is 1. The zero-order valence-corrected chi connectivity index (χ0v) is 9.34. The molecule has 1 aliphatic rings. The lowest BCUT2D eigenvalue weighted by Crippen LogP contribution is -2.43. The highest BCUT2D eigenvalue weighted by Crippen LogP contribution is 2.19. The smallest absolute Gasteiger partial charge is 0.152 e. The number of morpholine rings is 1. The van der Waals surface area contributed by atoms with Crippen LogP contribution in [0.3, 0.4) is 0 Å². The summed E-state index contributed by atoms with van der Waals surface area (Å²) < 4.78 is 7.35. The van der Waals surface area contributed by atoms with Gasteiger partial charge in [-0.05, 0) is 19.1 Å². The highest BCUT2D eigenvalue weighted by atomic mass is 16.5. The van der Waals surface area contributed by atoms with E-state index in [4.69, 9.17) is 4.74 Å². The summed E-state index contributed by atoms with van der Waals surface area (Å²) in [5.41, 5.74) is 1.14. The molecule has 0 aromatic carbocycles. The van der Waals surface area contributed by atoms with Crippen LogP contribution in [0.1, 0.15) is 6.92 Å². The molecule has 2 aromatic heterocycles. The van der Waals surface area contributed by atoms with Gasteiger partial charge in [0.15, 0.2) is 5.82 Å². The quantitative estimate of drug-likeness (QED) is 0.726. The van der Waals surface area contributed by atoms with Crippen LogP contribution in [-0.2, 0) is 4.74 Å². The Kier molecular flexibility index (Phi) is 2.29. The molecule has 3 rings (SSSR count). The summed E-state index contributed by atoms with van der Waals surface area (Å²) in [5.74, 6) is 1.04. The molecule has 2 aromatic rings. The number of hydrogen-bond acceptors (Lipinski definition) is 3. The first-order valence-electron chi connectivity index (χ1n) is 5.63. The number of anilines is 1. The largest absolute Gasteiger partial charge is 0.377 e. The van der Waals surface area contributed by atoms with Crippen molar-refractivity contribution in [2.24, 2.45) is 0 Å². The summed E-state index contributed by atoms with van der Waals surface area (Å²) in [6.07, 6.45) is 1.98. The van der Waals surface area contributed by atoms with Crippen molar-refractivity contribution in [1.29, 1.82) is 0 Å². The van der Waals surface area contributed by atoms with Gasteiger partial charge < -0.3 is 9.64 Å². The van der Waals surface area contributed by atoms with E-state index in [1.165, 1.54) is 0 Å². The molecule has 3 heterocycles. The molecule has 4 heteroatoms. The molecule has 16 heavy (non-hydrogen) atoms. The van der Waals surface area contributed by atoms with Crippen molar-refractivity contribution in [3.8, 4) is 0 Å². The van der Waals surface area contributed by atoms with Gasteiger partial charge in [-0.25, -0.2) is 4.52 Å². The van der Waals surface area contributed by atoms with Crippen molar-refractivity contribution < 1.29 is 4.74 Å². The second-order valence-corrected chi connectivity index (χ2v) is 4.19. The molecule has 84 valence electrons. The Bertz CT molecular complexity index is 461. The molecule has 1 unspecified atom stereocenters. The van der Waals surface area contributed by atoms with Crippen LogP contribution in [0.2, 0.25) is 0 Å². The Hall–Kier alpha value is -1.55. The van der Waals surface area contributed by atoms with Crippen LogP contribution in [0.5, 0.6) is 0 Å². The third-order valence-electron chi connectivity index (χ3n) is 3.02. The lowest BCUT2D eigenvalue weighted by atomic mass is 10.2. The molecule has 1 fully saturated rings. The highest BCUT2D eigenvalue weighted by Gasteiger charge is 2.21. The van der Waals surface area contributed by atoms with E-state index in [2.05, 4.69) is 29.1 Å². The van der Waals surface area contributed by atoms with Gasteiger partial charge in [0.1, 0.15) is 0 Å². The summed E-state index contributed by atoms with van der Waals surface area (Å²) >= 11 is 0. The van der Waals surface area contributed by atoms with Crippen LogP contribution >= 0.6 is 0 Å². The average molecular weight is 217 g/mol. The Morgan fingerprint density at radius 3 is 3.19 bits per heavy atom. The number of aromatic nitrogens is 2. The van der Waals surface area contributed by atoms with Crippen molar-refractivity contribution >= 4 is 11.3 Å². The van der Waals surface area contributed by atoms with E-state index in [1.807, 2.05) is 22.8 Å². The van der Waals surface area contributed by atoms with Gasteiger partial charge in [0.05, 0.1) is 24.8 Å². The average Bonchev–Trinajstić information content (AvgIpc) is 2.73. The second kappa shape index (κ2) is 3.79. The molecule has 0 aliphatic carbocycles. The molecule has 4 nitrogen and oxygen atoms in total. The van der Waals surface area contributed by atoms with Crippen molar-refractivity contribution in [1.82, 2.24) is 9.61 Å². The van der Waals surface area contributed by atoms with E-state index in [0.29, 0.717) is 6.04 Å². The first kappa shape index (κ1) is 9.66. The third kappa shape index (κ3) is 1.55. The van der Waals surface area contributed by atoms with E-state index in [1.54, 1.807) is 0 Å². The zero-order chi connectivity index (χ0) is 11.0. The molecule has 1 atom stereocenters. The van der Waals surface area contributed by atoms with Gasteiger partial charge in [0, 0.05) is 18.8 Å². The Morgan fingerprint density at radius 1 is 1.44 bits per heavy atom. The monoisotopic (exact) mass is 217 g/mol. The Labute approximate surface area is 94.4 Å². The molecule has 1 saturated heterocycles. The Balaban J connectivity index is 1.98. The van der Waals surface area contributed by atoms with Gasteiger partial charge in [0.2, 0.25) is 0 Å². The maximum atomic E-state index is 5.43. The minimum absolute atomic E-state index is 0.402. The normalized spacial score (nSPS) is 21.6. The van der Waals surface area contributed by atoms with Crippen molar-refractivity contribution in [3.63, 3.8) is 0 Å². The molecule has 0 radical (unpaired) electrons. The fourth-order valence-electron chi connectivity index (χ4n) is 2.13. The third-order valence-corrected chi connectivity index (χ3v) is 3.02. The van der Waals surface area contributed by atoms with E-state index in [-0.39, 0.29) is 0 Å². The number of fused-ring (bicyclic) bond motifs is 1. The minimum atomic E-state index is 0.402.